The number of aromatic nitrogens is 3. The van der Waals surface area contributed by atoms with E-state index in [4.69, 9.17) is 4.74 Å². The van der Waals surface area contributed by atoms with Crippen LogP contribution in [-0.4, -0.2) is 39.5 Å². The summed E-state index contributed by atoms with van der Waals surface area (Å²) in [6.45, 7) is 0. The van der Waals surface area contributed by atoms with Crippen LogP contribution in [0.15, 0.2) is 11.5 Å². The van der Waals surface area contributed by atoms with E-state index in [0.717, 1.165) is 24.8 Å². The molecule has 0 saturated heterocycles. The number of hydrogen-bond acceptors (Lipinski definition) is 7. The second-order valence-corrected chi connectivity index (χ2v) is 7.16. The van der Waals surface area contributed by atoms with Gasteiger partial charge in [-0.1, -0.05) is 11.8 Å². The van der Waals surface area contributed by atoms with Gasteiger partial charge in [0.05, 0.1) is 18.4 Å². The normalized spacial score (nSPS) is 13.0. The molecule has 23 heavy (non-hydrogen) atoms. The number of methoxy groups -OCH3 is 1. The second-order valence-electron chi connectivity index (χ2n) is 5.11. The number of nitrogens with one attached hydrogen (secondary N) is 1. The maximum Gasteiger partial charge on any atom is 0.341 e. The molecule has 7 nitrogen and oxygen atoms in total. The smallest absolute Gasteiger partial charge is 0.341 e. The molecule has 0 saturated carbocycles. The zero-order chi connectivity index (χ0) is 16.4. The van der Waals surface area contributed by atoms with E-state index in [2.05, 4.69) is 15.5 Å². The molecular formula is C14H16N4O3S2. The third-order valence-corrected chi connectivity index (χ3v) is 5.81. The molecule has 0 aliphatic heterocycles. The third-order valence-electron chi connectivity index (χ3n) is 3.57. The number of nitrogens with zero attached hydrogens (tertiary/aromatic N) is 3. The fraction of sp³-hybridized carbons (Fsp3) is 0.429. The number of thiophene rings is 1. The van der Waals surface area contributed by atoms with Gasteiger partial charge in [0.25, 0.3) is 0 Å². The quantitative estimate of drug-likeness (QED) is 0.653. The van der Waals surface area contributed by atoms with Gasteiger partial charge in [-0.2, -0.15) is 0 Å². The van der Waals surface area contributed by atoms with Crippen molar-refractivity contribution in [1.29, 1.82) is 0 Å². The van der Waals surface area contributed by atoms with E-state index in [-0.39, 0.29) is 17.6 Å². The van der Waals surface area contributed by atoms with E-state index in [1.54, 1.807) is 10.9 Å². The van der Waals surface area contributed by atoms with Crippen LogP contribution in [0.5, 0.6) is 0 Å². The Labute approximate surface area is 141 Å². The van der Waals surface area contributed by atoms with Gasteiger partial charge < -0.3 is 14.6 Å². The topological polar surface area (TPSA) is 86.1 Å². The van der Waals surface area contributed by atoms with Crippen molar-refractivity contribution in [2.24, 2.45) is 7.05 Å². The number of anilines is 1. The lowest BCUT2D eigenvalue weighted by Crippen LogP contribution is -2.16. The minimum Gasteiger partial charge on any atom is -0.465 e. The summed E-state index contributed by atoms with van der Waals surface area (Å²) in [6.07, 6.45) is 4.44. The molecule has 1 aliphatic rings. The number of hydrogen-bond donors (Lipinski definition) is 1. The number of thioether (sulfide) groups is 1. The van der Waals surface area contributed by atoms with Crippen LogP contribution < -0.4 is 5.32 Å². The number of fused-ring (bicyclic) bond motifs is 1. The van der Waals surface area contributed by atoms with Crippen LogP contribution in [0, 0.1) is 0 Å². The maximum atomic E-state index is 12.2. The molecule has 2 aromatic heterocycles. The van der Waals surface area contributed by atoms with Crippen LogP contribution in [0.3, 0.4) is 0 Å². The number of ether oxygens (including phenoxy) is 1. The fourth-order valence-corrected chi connectivity index (χ4v) is 4.49. The highest BCUT2D eigenvalue weighted by Gasteiger charge is 2.28. The molecule has 1 N–H and O–H groups in total. The number of esters is 1. The molecule has 122 valence electrons. The van der Waals surface area contributed by atoms with Gasteiger partial charge in [-0.15, -0.1) is 21.5 Å². The van der Waals surface area contributed by atoms with Gasteiger partial charge in [-0.3, -0.25) is 4.79 Å². The molecule has 0 aromatic carbocycles. The SMILES string of the molecule is COC(=O)c1c(NC(=O)CSc2nncn2C)sc2c1CCC2. The molecule has 0 atom stereocenters. The number of aryl methyl sites for hydroxylation is 2. The Kier molecular flexibility index (Phi) is 4.67. The molecule has 9 heteroatoms. The van der Waals surface area contributed by atoms with E-state index in [1.165, 1.54) is 35.1 Å². The Morgan fingerprint density at radius 3 is 3.00 bits per heavy atom. The Morgan fingerprint density at radius 1 is 1.48 bits per heavy atom. The maximum absolute atomic E-state index is 12.2. The van der Waals surface area contributed by atoms with Gasteiger partial charge in [-0.25, -0.2) is 4.79 Å². The molecule has 0 radical (unpaired) electrons. The first-order valence-corrected chi connectivity index (χ1v) is 8.90. The summed E-state index contributed by atoms with van der Waals surface area (Å²) >= 11 is 2.77. The van der Waals surface area contributed by atoms with Crippen molar-refractivity contribution in [1.82, 2.24) is 14.8 Å². The Morgan fingerprint density at radius 2 is 2.30 bits per heavy atom. The molecule has 0 bridgehead atoms. The predicted octanol–water partition coefficient (Wildman–Crippen LogP) is 1.88. The van der Waals surface area contributed by atoms with Crippen LogP contribution in [0.1, 0.15) is 27.2 Å². The molecule has 1 amide bonds. The Hall–Kier alpha value is -1.87. The van der Waals surface area contributed by atoms with Crippen molar-refractivity contribution < 1.29 is 14.3 Å². The number of amides is 1. The minimum absolute atomic E-state index is 0.178. The monoisotopic (exact) mass is 352 g/mol. The van der Waals surface area contributed by atoms with E-state index in [9.17, 15) is 9.59 Å². The van der Waals surface area contributed by atoms with Crippen molar-refractivity contribution in [2.45, 2.75) is 24.4 Å². The van der Waals surface area contributed by atoms with Crippen LogP contribution in [-0.2, 0) is 29.4 Å². The zero-order valence-corrected chi connectivity index (χ0v) is 14.4. The predicted molar refractivity (Wildman–Crippen MR) is 88.0 cm³/mol. The molecule has 0 spiro atoms. The minimum atomic E-state index is -0.388. The van der Waals surface area contributed by atoms with E-state index < -0.39 is 0 Å². The van der Waals surface area contributed by atoms with E-state index in [0.29, 0.717) is 15.7 Å². The van der Waals surface area contributed by atoms with Gasteiger partial charge >= 0.3 is 5.97 Å². The summed E-state index contributed by atoms with van der Waals surface area (Å²) < 4.78 is 6.61. The van der Waals surface area contributed by atoms with Crippen molar-refractivity contribution in [3.63, 3.8) is 0 Å². The molecular weight excluding hydrogens is 336 g/mol. The summed E-state index contributed by atoms with van der Waals surface area (Å²) in [5.74, 6) is -0.362. The highest BCUT2D eigenvalue weighted by molar-refractivity contribution is 7.99. The number of carbonyl (C=O) groups excluding carboxylic acids is 2. The Bertz CT molecular complexity index is 753. The summed E-state index contributed by atoms with van der Waals surface area (Å²) in [5.41, 5.74) is 1.54. The van der Waals surface area contributed by atoms with Crippen molar-refractivity contribution in [2.75, 3.05) is 18.2 Å². The summed E-state index contributed by atoms with van der Waals surface area (Å²) in [4.78, 5) is 25.4. The number of carbonyl (C=O) groups is 2. The van der Waals surface area contributed by atoms with Crippen molar-refractivity contribution in [3.8, 4) is 0 Å². The van der Waals surface area contributed by atoms with Crippen LogP contribution in [0.4, 0.5) is 5.00 Å². The number of rotatable bonds is 5. The van der Waals surface area contributed by atoms with Gasteiger partial charge in [0, 0.05) is 11.9 Å². The lowest BCUT2D eigenvalue weighted by molar-refractivity contribution is -0.113. The summed E-state index contributed by atoms with van der Waals surface area (Å²) in [6, 6.07) is 0. The van der Waals surface area contributed by atoms with Gasteiger partial charge in [0.2, 0.25) is 5.91 Å². The lowest BCUT2D eigenvalue weighted by atomic mass is 10.1. The molecule has 0 unspecified atom stereocenters. The first-order valence-electron chi connectivity index (χ1n) is 7.09. The van der Waals surface area contributed by atoms with Crippen molar-refractivity contribution in [3.05, 3.63) is 22.3 Å². The highest BCUT2D eigenvalue weighted by Crippen LogP contribution is 2.39. The zero-order valence-electron chi connectivity index (χ0n) is 12.8. The highest BCUT2D eigenvalue weighted by atomic mass is 32.2. The van der Waals surface area contributed by atoms with E-state index in [1.807, 2.05) is 7.05 Å². The van der Waals surface area contributed by atoms with Crippen LogP contribution >= 0.6 is 23.1 Å². The largest absolute Gasteiger partial charge is 0.465 e. The van der Waals surface area contributed by atoms with Crippen LogP contribution in [0.25, 0.3) is 0 Å². The fourth-order valence-electron chi connectivity index (χ4n) is 2.51. The van der Waals surface area contributed by atoms with Gasteiger partial charge in [0.15, 0.2) is 5.16 Å². The average molecular weight is 352 g/mol. The summed E-state index contributed by atoms with van der Waals surface area (Å²) in [7, 11) is 3.18. The average Bonchev–Trinajstić information content (AvgIpc) is 3.20. The first kappa shape index (κ1) is 16.0. The van der Waals surface area contributed by atoms with E-state index >= 15 is 0 Å². The summed E-state index contributed by atoms with van der Waals surface area (Å²) in [5, 5.41) is 11.8. The van der Waals surface area contributed by atoms with Gasteiger partial charge in [-0.05, 0) is 24.8 Å². The molecule has 0 fully saturated rings. The molecule has 1 aliphatic carbocycles. The standard InChI is InChI=1S/C14H16N4O3S2/c1-18-7-15-17-14(18)22-6-10(19)16-12-11(13(20)21-2)8-4-3-5-9(8)23-12/h7H,3-6H2,1-2H3,(H,16,19). The third kappa shape index (κ3) is 3.25. The molecule has 2 aromatic rings. The Balaban J connectivity index is 1.71. The van der Waals surface area contributed by atoms with Gasteiger partial charge in [0.1, 0.15) is 11.3 Å². The molecule has 3 rings (SSSR count). The van der Waals surface area contributed by atoms with Crippen molar-refractivity contribution >= 4 is 40.0 Å². The van der Waals surface area contributed by atoms with Crippen LogP contribution in [0.2, 0.25) is 0 Å². The molecule has 2 heterocycles. The second kappa shape index (κ2) is 6.71. The first-order chi connectivity index (χ1) is 11.1. The lowest BCUT2D eigenvalue weighted by Gasteiger charge is -2.06.